The van der Waals surface area contributed by atoms with Crippen LogP contribution in [0.1, 0.15) is 24.3 Å². The lowest BCUT2D eigenvalue weighted by atomic mass is 9.90. The quantitative estimate of drug-likeness (QED) is 0.704. The molecule has 8 heteroatoms. The minimum absolute atomic E-state index is 0.0330. The molecular formula is C18H18ClN5O2. The topological polar surface area (TPSA) is 72.6 Å². The van der Waals surface area contributed by atoms with Crippen LogP contribution >= 0.6 is 11.6 Å². The molecule has 4 rings (SSSR count). The number of nitrogens with zero attached hydrogens (tertiary/aromatic N) is 5. The summed E-state index contributed by atoms with van der Waals surface area (Å²) in [5.41, 5.74) is 1.85. The van der Waals surface area contributed by atoms with Crippen molar-refractivity contribution in [3.63, 3.8) is 0 Å². The van der Waals surface area contributed by atoms with Crippen molar-refractivity contribution in [2.75, 3.05) is 19.7 Å². The van der Waals surface area contributed by atoms with Gasteiger partial charge in [-0.2, -0.15) is 4.52 Å². The molecule has 0 radical (unpaired) electrons. The lowest BCUT2D eigenvalue weighted by Gasteiger charge is -2.33. The third-order valence-electron chi connectivity index (χ3n) is 4.60. The van der Waals surface area contributed by atoms with Gasteiger partial charge in [0, 0.05) is 30.1 Å². The molecule has 1 amide bonds. The molecule has 1 aromatic carbocycles. The molecule has 134 valence electrons. The molecule has 0 bridgehead atoms. The van der Waals surface area contributed by atoms with E-state index in [-0.39, 0.29) is 12.5 Å². The summed E-state index contributed by atoms with van der Waals surface area (Å²) in [5.74, 6) is 0.669. The van der Waals surface area contributed by atoms with E-state index in [1.807, 2.05) is 29.2 Å². The SMILES string of the molecule is O=C(COc1ccc2nncn2n1)N1CCC[C@@H](c2ccc(Cl)cc2)C1. The van der Waals surface area contributed by atoms with Gasteiger partial charge in [-0.1, -0.05) is 23.7 Å². The molecule has 1 atom stereocenters. The average molecular weight is 372 g/mol. The first-order valence-corrected chi connectivity index (χ1v) is 8.90. The fraction of sp³-hybridized carbons (Fsp3) is 0.333. The van der Waals surface area contributed by atoms with Gasteiger partial charge in [0.05, 0.1) is 0 Å². The van der Waals surface area contributed by atoms with Gasteiger partial charge in [-0.25, -0.2) is 0 Å². The molecule has 0 aliphatic carbocycles. The van der Waals surface area contributed by atoms with Crippen molar-refractivity contribution in [1.29, 1.82) is 0 Å². The Balaban J connectivity index is 1.37. The number of piperidine rings is 1. The second-order valence-electron chi connectivity index (χ2n) is 6.32. The molecule has 26 heavy (non-hydrogen) atoms. The first-order chi connectivity index (χ1) is 12.7. The van der Waals surface area contributed by atoms with Crippen LogP contribution < -0.4 is 4.74 Å². The van der Waals surface area contributed by atoms with Crippen LogP contribution in [0.2, 0.25) is 5.02 Å². The zero-order valence-electron chi connectivity index (χ0n) is 14.1. The van der Waals surface area contributed by atoms with Gasteiger partial charge in [0.2, 0.25) is 5.88 Å². The number of halogens is 1. The maximum atomic E-state index is 12.5. The normalized spacial score (nSPS) is 17.4. The molecule has 0 unspecified atom stereocenters. The van der Waals surface area contributed by atoms with Gasteiger partial charge >= 0.3 is 0 Å². The number of likely N-dealkylation sites (tertiary alicyclic amines) is 1. The standard InChI is InChI=1S/C18H18ClN5O2/c19-15-5-3-13(4-6-15)14-2-1-9-23(10-14)18(25)11-26-17-8-7-16-21-20-12-24(16)22-17/h3-8,12,14H,1-2,9-11H2/t14-/m1/s1. The van der Waals surface area contributed by atoms with E-state index in [0.717, 1.165) is 24.4 Å². The summed E-state index contributed by atoms with van der Waals surface area (Å²) >= 11 is 5.96. The van der Waals surface area contributed by atoms with Crippen molar-refractivity contribution in [1.82, 2.24) is 24.7 Å². The van der Waals surface area contributed by atoms with Crippen molar-refractivity contribution in [3.8, 4) is 5.88 Å². The number of amides is 1. The van der Waals surface area contributed by atoms with E-state index >= 15 is 0 Å². The predicted molar refractivity (Wildman–Crippen MR) is 96.3 cm³/mol. The third-order valence-corrected chi connectivity index (χ3v) is 4.85. The smallest absolute Gasteiger partial charge is 0.260 e. The van der Waals surface area contributed by atoms with Crippen molar-refractivity contribution in [3.05, 3.63) is 53.3 Å². The molecular weight excluding hydrogens is 354 g/mol. The summed E-state index contributed by atoms with van der Waals surface area (Å²) in [4.78, 5) is 14.4. The van der Waals surface area contributed by atoms with Gasteiger partial charge in [-0.3, -0.25) is 4.79 Å². The Morgan fingerprint density at radius 2 is 2.08 bits per heavy atom. The van der Waals surface area contributed by atoms with E-state index in [0.29, 0.717) is 24.0 Å². The van der Waals surface area contributed by atoms with E-state index in [9.17, 15) is 4.79 Å². The van der Waals surface area contributed by atoms with Crippen LogP contribution in [0, 0.1) is 0 Å². The number of hydrogen-bond acceptors (Lipinski definition) is 5. The van der Waals surface area contributed by atoms with Gasteiger partial charge in [-0.15, -0.1) is 15.3 Å². The Kier molecular flexibility index (Phi) is 4.71. The van der Waals surface area contributed by atoms with Crippen LogP contribution in [0.25, 0.3) is 5.65 Å². The van der Waals surface area contributed by atoms with Gasteiger partial charge in [0.25, 0.3) is 5.91 Å². The Bertz CT molecular complexity index is 911. The second kappa shape index (κ2) is 7.29. The van der Waals surface area contributed by atoms with Gasteiger partial charge in [0.1, 0.15) is 6.33 Å². The minimum Gasteiger partial charge on any atom is -0.467 e. The number of fused-ring (bicyclic) bond motifs is 1. The third kappa shape index (κ3) is 3.62. The zero-order valence-corrected chi connectivity index (χ0v) is 14.8. The molecule has 3 aromatic rings. The van der Waals surface area contributed by atoms with Gasteiger partial charge in [0.15, 0.2) is 12.3 Å². The van der Waals surface area contributed by atoms with E-state index in [2.05, 4.69) is 15.3 Å². The molecule has 1 aliphatic rings. The predicted octanol–water partition coefficient (Wildman–Crippen LogP) is 2.56. The highest BCUT2D eigenvalue weighted by molar-refractivity contribution is 6.30. The number of rotatable bonds is 4. The first kappa shape index (κ1) is 16.8. The monoisotopic (exact) mass is 371 g/mol. The Hall–Kier alpha value is -2.67. The number of ether oxygens (including phenoxy) is 1. The molecule has 1 saturated heterocycles. The Morgan fingerprint density at radius 1 is 1.23 bits per heavy atom. The van der Waals surface area contributed by atoms with Crippen LogP contribution in [-0.4, -0.2) is 50.3 Å². The molecule has 0 N–H and O–H groups in total. The molecule has 1 aliphatic heterocycles. The Morgan fingerprint density at radius 3 is 2.92 bits per heavy atom. The first-order valence-electron chi connectivity index (χ1n) is 8.52. The lowest BCUT2D eigenvalue weighted by molar-refractivity contribution is -0.134. The van der Waals surface area contributed by atoms with Crippen molar-refractivity contribution >= 4 is 23.2 Å². The number of aromatic nitrogens is 4. The summed E-state index contributed by atoms with van der Waals surface area (Å²) in [7, 11) is 0. The maximum Gasteiger partial charge on any atom is 0.260 e. The molecule has 2 aromatic heterocycles. The van der Waals surface area contributed by atoms with Crippen LogP contribution in [0.15, 0.2) is 42.7 Å². The molecule has 0 saturated carbocycles. The van der Waals surface area contributed by atoms with Gasteiger partial charge < -0.3 is 9.64 Å². The van der Waals surface area contributed by atoms with Crippen LogP contribution in [0.4, 0.5) is 0 Å². The number of carbonyl (C=O) groups is 1. The highest BCUT2D eigenvalue weighted by atomic mass is 35.5. The lowest BCUT2D eigenvalue weighted by Crippen LogP contribution is -2.41. The summed E-state index contributed by atoms with van der Waals surface area (Å²) in [6.07, 6.45) is 3.54. The molecule has 0 spiro atoms. The fourth-order valence-electron chi connectivity index (χ4n) is 3.23. The summed E-state index contributed by atoms with van der Waals surface area (Å²) in [6, 6.07) is 11.3. The molecule has 7 nitrogen and oxygen atoms in total. The molecule has 3 heterocycles. The average Bonchev–Trinajstić information content (AvgIpc) is 3.14. The van der Waals surface area contributed by atoms with Crippen molar-refractivity contribution < 1.29 is 9.53 Å². The molecule has 1 fully saturated rings. The van der Waals surface area contributed by atoms with E-state index < -0.39 is 0 Å². The van der Waals surface area contributed by atoms with E-state index in [1.165, 1.54) is 16.4 Å². The number of hydrogen-bond donors (Lipinski definition) is 0. The number of carbonyl (C=O) groups excluding carboxylic acids is 1. The fourth-order valence-corrected chi connectivity index (χ4v) is 3.35. The van der Waals surface area contributed by atoms with Crippen molar-refractivity contribution in [2.45, 2.75) is 18.8 Å². The zero-order chi connectivity index (χ0) is 17.9. The van der Waals surface area contributed by atoms with Crippen LogP contribution in [0.3, 0.4) is 0 Å². The van der Waals surface area contributed by atoms with Gasteiger partial charge in [-0.05, 0) is 36.6 Å². The maximum absolute atomic E-state index is 12.5. The summed E-state index contributed by atoms with van der Waals surface area (Å²) < 4.78 is 7.07. The van der Waals surface area contributed by atoms with Crippen molar-refractivity contribution in [2.24, 2.45) is 0 Å². The summed E-state index contributed by atoms with van der Waals surface area (Å²) in [6.45, 7) is 1.42. The van der Waals surface area contributed by atoms with Crippen LogP contribution in [-0.2, 0) is 4.79 Å². The Labute approximate surface area is 155 Å². The van der Waals surface area contributed by atoms with E-state index in [4.69, 9.17) is 16.3 Å². The highest BCUT2D eigenvalue weighted by Gasteiger charge is 2.25. The minimum atomic E-state index is -0.0338. The summed E-state index contributed by atoms with van der Waals surface area (Å²) in [5, 5.41) is 12.6. The van der Waals surface area contributed by atoms with Crippen LogP contribution in [0.5, 0.6) is 5.88 Å². The highest BCUT2D eigenvalue weighted by Crippen LogP contribution is 2.27. The van der Waals surface area contributed by atoms with E-state index in [1.54, 1.807) is 12.1 Å². The number of benzene rings is 1. The second-order valence-corrected chi connectivity index (χ2v) is 6.76. The largest absolute Gasteiger partial charge is 0.467 e.